The number of aryl methyl sites for hydroxylation is 4. The summed E-state index contributed by atoms with van der Waals surface area (Å²) < 4.78 is 0. The van der Waals surface area contributed by atoms with E-state index in [2.05, 4.69) is 192 Å². The molecule has 0 aliphatic heterocycles. The van der Waals surface area contributed by atoms with Crippen molar-refractivity contribution in [3.8, 4) is 11.1 Å². The third-order valence-corrected chi connectivity index (χ3v) is 11.9. The monoisotopic (exact) mass is 682 g/mol. The topological polar surface area (TPSA) is 6.48 Å². The van der Waals surface area contributed by atoms with E-state index in [1.807, 2.05) is 0 Å². The van der Waals surface area contributed by atoms with Gasteiger partial charge in [0.05, 0.1) is 0 Å². The summed E-state index contributed by atoms with van der Waals surface area (Å²) in [6.45, 7) is 15.9. The maximum absolute atomic E-state index is 2.43. The molecule has 0 saturated heterocycles. The molecule has 6 aromatic carbocycles. The predicted octanol–water partition coefficient (Wildman–Crippen LogP) is 14.6. The van der Waals surface area contributed by atoms with E-state index < -0.39 is 0 Å². The van der Waals surface area contributed by atoms with E-state index >= 15 is 0 Å². The molecule has 6 aromatic rings. The van der Waals surface area contributed by atoms with Gasteiger partial charge in [-0.25, -0.2) is 0 Å². The van der Waals surface area contributed by atoms with E-state index in [1.54, 1.807) is 0 Å². The second kappa shape index (κ2) is 14.9. The van der Waals surface area contributed by atoms with Gasteiger partial charge in [0.1, 0.15) is 0 Å². The number of hydrogen-bond donors (Lipinski definition) is 0. The summed E-state index contributed by atoms with van der Waals surface area (Å²) in [4.78, 5) is 4.83. The predicted molar refractivity (Wildman–Crippen MR) is 225 cm³/mol. The molecule has 0 saturated carbocycles. The van der Waals surface area contributed by atoms with E-state index in [4.69, 9.17) is 0 Å². The zero-order valence-electron chi connectivity index (χ0n) is 32.2. The van der Waals surface area contributed by atoms with Gasteiger partial charge in [0, 0.05) is 34.1 Å². The highest BCUT2D eigenvalue weighted by Gasteiger charge is 2.24. The van der Waals surface area contributed by atoms with Gasteiger partial charge in [-0.1, -0.05) is 106 Å². The van der Waals surface area contributed by atoms with E-state index in [-0.39, 0.29) is 5.41 Å². The molecule has 52 heavy (non-hydrogen) atoms. The zero-order valence-corrected chi connectivity index (χ0v) is 32.2. The smallest absolute Gasteiger partial charge is 0.0464 e. The van der Waals surface area contributed by atoms with Crippen LogP contribution in [0.25, 0.3) is 11.1 Å². The highest BCUT2D eigenvalue weighted by atomic mass is 15.1. The molecule has 1 atom stereocenters. The van der Waals surface area contributed by atoms with Crippen LogP contribution in [0.5, 0.6) is 0 Å². The third kappa shape index (κ3) is 6.92. The Kier molecular flexibility index (Phi) is 10.1. The Morgan fingerprint density at radius 2 is 0.865 bits per heavy atom. The van der Waals surface area contributed by atoms with Gasteiger partial charge >= 0.3 is 0 Å². The Morgan fingerprint density at radius 3 is 1.25 bits per heavy atom. The molecule has 0 amide bonds. The second-order valence-corrected chi connectivity index (χ2v) is 15.2. The van der Waals surface area contributed by atoms with Gasteiger partial charge in [0.25, 0.3) is 0 Å². The van der Waals surface area contributed by atoms with E-state index in [9.17, 15) is 0 Å². The van der Waals surface area contributed by atoms with Gasteiger partial charge in [0.15, 0.2) is 0 Å². The van der Waals surface area contributed by atoms with E-state index in [0.717, 1.165) is 32.1 Å². The summed E-state index contributed by atoms with van der Waals surface area (Å²) in [6, 6.07) is 50.5. The Bertz CT molecular complexity index is 2120. The minimum absolute atomic E-state index is 0.196. The van der Waals surface area contributed by atoms with Gasteiger partial charge in [0.2, 0.25) is 0 Å². The molecule has 1 aliphatic rings. The quantitative estimate of drug-likeness (QED) is 0.134. The Labute approximate surface area is 312 Å². The fraction of sp³-hybridized carbons (Fsp3) is 0.280. The minimum atomic E-state index is 0.196. The van der Waals surface area contributed by atoms with Crippen LogP contribution in [0.4, 0.5) is 34.1 Å². The fourth-order valence-electron chi connectivity index (χ4n) is 7.79. The molecular formula is C50H54N2. The van der Waals surface area contributed by atoms with Crippen molar-refractivity contribution in [1.82, 2.24) is 0 Å². The standard InChI is InChI=1S/C50H54N2/c1-8-37(6)38-17-25-44(26-18-38)51(42-21-11-35(4)12-22-42)46-29-31-48-39(33-46)15-16-40-34-47(30-32-49(40)48)52(43-23-13-36(5)14-24-43)45-27-19-41(20-28-45)50(7,9-2)10-3/h11-14,17-34,37H,8-10,15-16H2,1-7H3. The normalized spacial score (nSPS) is 12.9. The van der Waals surface area contributed by atoms with Gasteiger partial charge in [-0.05, 0) is 163 Å². The highest BCUT2D eigenvalue weighted by Crippen LogP contribution is 2.44. The lowest BCUT2D eigenvalue weighted by atomic mass is 9.78. The van der Waals surface area contributed by atoms with Crippen molar-refractivity contribution < 1.29 is 0 Å². The number of fused-ring (bicyclic) bond motifs is 3. The average Bonchev–Trinajstić information content (AvgIpc) is 3.19. The summed E-state index contributed by atoms with van der Waals surface area (Å²) in [5.74, 6) is 0.554. The van der Waals surface area contributed by atoms with Crippen molar-refractivity contribution in [2.24, 2.45) is 0 Å². The first kappa shape index (κ1) is 35.3. The maximum Gasteiger partial charge on any atom is 0.0464 e. The molecule has 1 aliphatic carbocycles. The molecule has 264 valence electrons. The number of hydrogen-bond acceptors (Lipinski definition) is 2. The lowest BCUT2D eigenvalue weighted by molar-refractivity contribution is 0.439. The largest absolute Gasteiger partial charge is 0.310 e. The number of benzene rings is 6. The van der Waals surface area contributed by atoms with Crippen molar-refractivity contribution in [1.29, 1.82) is 0 Å². The maximum atomic E-state index is 2.43. The molecule has 1 unspecified atom stereocenters. The van der Waals surface area contributed by atoms with Crippen LogP contribution in [-0.2, 0) is 18.3 Å². The van der Waals surface area contributed by atoms with E-state index in [0.29, 0.717) is 5.92 Å². The van der Waals surface area contributed by atoms with Crippen molar-refractivity contribution in [2.45, 2.75) is 91.9 Å². The summed E-state index contributed by atoms with van der Waals surface area (Å²) in [5.41, 5.74) is 18.2. The zero-order chi connectivity index (χ0) is 36.4. The van der Waals surface area contributed by atoms with Gasteiger partial charge in [-0.15, -0.1) is 0 Å². The van der Waals surface area contributed by atoms with Crippen LogP contribution in [0, 0.1) is 13.8 Å². The minimum Gasteiger partial charge on any atom is -0.310 e. The van der Waals surface area contributed by atoms with Gasteiger partial charge < -0.3 is 9.80 Å². The molecule has 0 fully saturated rings. The Balaban J connectivity index is 1.25. The van der Waals surface area contributed by atoms with Crippen molar-refractivity contribution in [3.05, 3.63) is 167 Å². The molecule has 2 nitrogen and oxygen atoms in total. The first-order chi connectivity index (χ1) is 25.2. The first-order valence-electron chi connectivity index (χ1n) is 19.4. The van der Waals surface area contributed by atoms with Crippen LogP contribution in [0.1, 0.15) is 93.2 Å². The van der Waals surface area contributed by atoms with Crippen LogP contribution in [0.3, 0.4) is 0 Å². The molecule has 0 N–H and O–H groups in total. The van der Waals surface area contributed by atoms with Crippen LogP contribution >= 0.6 is 0 Å². The molecule has 7 rings (SSSR count). The lowest BCUT2D eigenvalue weighted by Crippen LogP contribution is -2.19. The average molecular weight is 683 g/mol. The van der Waals surface area contributed by atoms with Crippen molar-refractivity contribution in [2.75, 3.05) is 9.80 Å². The van der Waals surface area contributed by atoms with Crippen molar-refractivity contribution in [3.63, 3.8) is 0 Å². The third-order valence-electron chi connectivity index (χ3n) is 11.9. The molecule has 2 heteroatoms. The van der Waals surface area contributed by atoms with Crippen molar-refractivity contribution >= 4 is 34.1 Å². The van der Waals surface area contributed by atoms with Gasteiger partial charge in [-0.2, -0.15) is 0 Å². The Morgan fingerprint density at radius 1 is 0.500 bits per heavy atom. The molecule has 0 heterocycles. The number of nitrogens with zero attached hydrogens (tertiary/aromatic N) is 2. The van der Waals surface area contributed by atoms with E-state index in [1.165, 1.54) is 78.6 Å². The molecule has 0 spiro atoms. The van der Waals surface area contributed by atoms with Gasteiger partial charge in [-0.3, -0.25) is 0 Å². The molecular weight excluding hydrogens is 629 g/mol. The van der Waals surface area contributed by atoms with Crippen LogP contribution in [0.15, 0.2) is 133 Å². The second-order valence-electron chi connectivity index (χ2n) is 15.2. The number of anilines is 6. The number of rotatable bonds is 11. The summed E-state index contributed by atoms with van der Waals surface area (Å²) in [5, 5.41) is 0. The lowest BCUT2D eigenvalue weighted by Gasteiger charge is -2.31. The molecule has 0 bridgehead atoms. The Hall–Kier alpha value is -5.08. The van der Waals surface area contributed by atoms with Crippen LogP contribution in [-0.4, -0.2) is 0 Å². The summed E-state index contributed by atoms with van der Waals surface area (Å²) in [7, 11) is 0. The summed E-state index contributed by atoms with van der Waals surface area (Å²) in [6.07, 6.45) is 5.44. The summed E-state index contributed by atoms with van der Waals surface area (Å²) >= 11 is 0. The van der Waals surface area contributed by atoms with Crippen LogP contribution < -0.4 is 9.80 Å². The SMILES string of the molecule is CCC(C)c1ccc(N(c2ccc(C)cc2)c2ccc3c(c2)CCc2cc(N(c4ccc(C)cc4)c4ccc(C(C)(CC)CC)cc4)ccc2-3)cc1. The first-order valence-corrected chi connectivity index (χ1v) is 19.4. The highest BCUT2D eigenvalue weighted by molar-refractivity contribution is 5.84. The fourth-order valence-corrected chi connectivity index (χ4v) is 7.79. The van der Waals surface area contributed by atoms with Crippen LogP contribution in [0.2, 0.25) is 0 Å². The molecule has 0 radical (unpaired) electrons. The molecule has 0 aromatic heterocycles.